The molecule has 0 heterocycles. The van der Waals surface area contributed by atoms with Gasteiger partial charge >= 0.3 is 11.9 Å². The first-order valence-corrected chi connectivity index (χ1v) is 11.5. The summed E-state index contributed by atoms with van der Waals surface area (Å²) in [5, 5.41) is 0. The van der Waals surface area contributed by atoms with Crippen LogP contribution in [0.25, 0.3) is 11.1 Å². The van der Waals surface area contributed by atoms with Crippen LogP contribution >= 0.6 is 0 Å². The monoisotopic (exact) mass is 482 g/mol. The number of carbonyl (C=O) groups excluding carboxylic acids is 2. The van der Waals surface area contributed by atoms with Crippen molar-refractivity contribution in [1.82, 2.24) is 0 Å². The Bertz CT molecular complexity index is 1220. The van der Waals surface area contributed by atoms with Gasteiger partial charge in [0.1, 0.15) is 23.0 Å². The van der Waals surface area contributed by atoms with Crippen molar-refractivity contribution < 1.29 is 28.5 Å². The second-order valence-electron chi connectivity index (χ2n) is 8.11. The highest BCUT2D eigenvalue weighted by molar-refractivity contribution is 5.75. The number of rotatable bonds is 9. The van der Waals surface area contributed by atoms with E-state index in [-0.39, 0.29) is 13.2 Å². The summed E-state index contributed by atoms with van der Waals surface area (Å²) in [7, 11) is 0. The second-order valence-corrected chi connectivity index (χ2v) is 8.11. The summed E-state index contributed by atoms with van der Waals surface area (Å²) in [6.07, 6.45) is 0. The first-order chi connectivity index (χ1) is 17.5. The third kappa shape index (κ3) is 6.73. The van der Waals surface area contributed by atoms with E-state index in [1.807, 2.05) is 86.6 Å². The molecule has 0 saturated carbocycles. The van der Waals surface area contributed by atoms with E-state index in [1.165, 1.54) is 0 Å². The number of aryl methyl sites for hydroxylation is 2. The zero-order valence-electron chi connectivity index (χ0n) is 20.1. The Hall–Kier alpha value is -4.58. The van der Waals surface area contributed by atoms with E-state index in [0.717, 1.165) is 22.3 Å². The molecule has 0 aliphatic carbocycles. The average molecular weight is 483 g/mol. The number of ether oxygens (including phenoxy) is 4. The van der Waals surface area contributed by atoms with Gasteiger partial charge in [-0.25, -0.2) is 9.59 Å². The number of para-hydroxylation sites is 2. The minimum atomic E-state index is -0.483. The van der Waals surface area contributed by atoms with Gasteiger partial charge in [-0.3, -0.25) is 0 Å². The minimum absolute atomic E-state index is 0.178. The van der Waals surface area contributed by atoms with E-state index in [4.69, 9.17) is 18.9 Å². The van der Waals surface area contributed by atoms with Crippen molar-refractivity contribution in [2.24, 2.45) is 0 Å². The summed E-state index contributed by atoms with van der Waals surface area (Å²) in [4.78, 5) is 24.2. The highest BCUT2D eigenvalue weighted by Crippen LogP contribution is 2.25. The Kier molecular flexibility index (Phi) is 7.98. The van der Waals surface area contributed by atoms with E-state index in [1.54, 1.807) is 24.3 Å². The third-order valence-electron chi connectivity index (χ3n) is 5.38. The molecule has 0 amide bonds. The zero-order chi connectivity index (χ0) is 25.3. The van der Waals surface area contributed by atoms with Crippen LogP contribution < -0.4 is 18.9 Å². The lowest BCUT2D eigenvalue weighted by molar-refractivity contribution is -0.137. The number of benzene rings is 4. The molecule has 4 aromatic rings. The second kappa shape index (κ2) is 11.7. The van der Waals surface area contributed by atoms with Crippen LogP contribution in [0.3, 0.4) is 0 Å². The van der Waals surface area contributed by atoms with Crippen LogP contribution in [0.1, 0.15) is 11.1 Å². The van der Waals surface area contributed by atoms with Gasteiger partial charge in [0.2, 0.25) is 0 Å². The van der Waals surface area contributed by atoms with E-state index < -0.39 is 11.9 Å². The standard InChI is InChI=1S/C30H26O6/c1-21-7-3-5-9-27(21)33-19-29(31)35-25-15-11-23(12-16-25)24-13-17-26(18-14-24)36-30(32)20-34-28-10-6-4-8-22(28)2/h3-18H,19-20H2,1-2H3. The van der Waals surface area contributed by atoms with Gasteiger partial charge in [-0.1, -0.05) is 60.7 Å². The van der Waals surface area contributed by atoms with Crippen molar-refractivity contribution in [3.8, 4) is 34.1 Å². The van der Waals surface area contributed by atoms with Crippen LogP contribution in [0.2, 0.25) is 0 Å². The largest absolute Gasteiger partial charge is 0.482 e. The molecule has 0 spiro atoms. The van der Waals surface area contributed by atoms with Gasteiger partial charge in [0, 0.05) is 0 Å². The molecule has 36 heavy (non-hydrogen) atoms. The van der Waals surface area contributed by atoms with Gasteiger partial charge < -0.3 is 18.9 Å². The molecule has 0 radical (unpaired) electrons. The lowest BCUT2D eigenvalue weighted by atomic mass is 10.1. The molecule has 0 aliphatic heterocycles. The number of hydrogen-bond acceptors (Lipinski definition) is 6. The molecule has 6 nitrogen and oxygen atoms in total. The van der Waals surface area contributed by atoms with Crippen LogP contribution in [-0.2, 0) is 9.59 Å². The van der Waals surface area contributed by atoms with Gasteiger partial charge in [0.15, 0.2) is 13.2 Å². The first-order valence-electron chi connectivity index (χ1n) is 11.5. The summed E-state index contributed by atoms with van der Waals surface area (Å²) in [5.41, 5.74) is 3.75. The highest BCUT2D eigenvalue weighted by Gasteiger charge is 2.10. The third-order valence-corrected chi connectivity index (χ3v) is 5.38. The van der Waals surface area contributed by atoms with Gasteiger partial charge in [-0.15, -0.1) is 0 Å². The lowest BCUT2D eigenvalue weighted by Gasteiger charge is -2.10. The molecule has 0 N–H and O–H groups in total. The molecule has 0 atom stereocenters. The normalized spacial score (nSPS) is 10.4. The van der Waals surface area contributed by atoms with Crippen molar-refractivity contribution in [2.45, 2.75) is 13.8 Å². The Morgan fingerprint density at radius 3 is 1.25 bits per heavy atom. The minimum Gasteiger partial charge on any atom is -0.482 e. The zero-order valence-corrected chi connectivity index (χ0v) is 20.1. The molecule has 182 valence electrons. The first kappa shape index (κ1) is 24.5. The molecule has 4 rings (SSSR count). The summed E-state index contributed by atoms with van der Waals surface area (Å²) >= 11 is 0. The Morgan fingerprint density at radius 1 is 0.528 bits per heavy atom. The summed E-state index contributed by atoms with van der Waals surface area (Å²) < 4.78 is 21.8. The molecule has 0 unspecified atom stereocenters. The van der Waals surface area contributed by atoms with E-state index >= 15 is 0 Å². The Labute approximate surface area is 210 Å². The van der Waals surface area contributed by atoms with Crippen LogP contribution in [0.5, 0.6) is 23.0 Å². The molecule has 4 aromatic carbocycles. The van der Waals surface area contributed by atoms with E-state index in [0.29, 0.717) is 23.0 Å². The van der Waals surface area contributed by atoms with Crippen LogP contribution in [0.4, 0.5) is 0 Å². The topological polar surface area (TPSA) is 71.1 Å². The molecular formula is C30H26O6. The lowest BCUT2D eigenvalue weighted by Crippen LogP contribution is -2.18. The van der Waals surface area contributed by atoms with Crippen LogP contribution in [0, 0.1) is 13.8 Å². The fourth-order valence-corrected chi connectivity index (χ4v) is 3.46. The van der Waals surface area contributed by atoms with Crippen LogP contribution in [-0.4, -0.2) is 25.2 Å². The molecular weight excluding hydrogens is 456 g/mol. The van der Waals surface area contributed by atoms with Gasteiger partial charge in [0.25, 0.3) is 0 Å². The summed E-state index contributed by atoms with van der Waals surface area (Å²) in [6.45, 7) is 3.47. The maximum Gasteiger partial charge on any atom is 0.349 e. The highest BCUT2D eigenvalue weighted by atomic mass is 16.6. The number of carbonyl (C=O) groups is 2. The van der Waals surface area contributed by atoms with Crippen LogP contribution in [0.15, 0.2) is 97.1 Å². The maximum absolute atomic E-state index is 12.1. The SMILES string of the molecule is Cc1ccccc1OCC(=O)Oc1ccc(-c2ccc(OC(=O)COc3ccccc3C)cc2)cc1. The average Bonchev–Trinajstić information content (AvgIpc) is 2.89. The van der Waals surface area contributed by atoms with Crippen molar-refractivity contribution in [1.29, 1.82) is 0 Å². The summed E-state index contributed by atoms with van der Waals surface area (Å²) in [5.74, 6) is 1.19. The van der Waals surface area contributed by atoms with Crippen molar-refractivity contribution in [3.05, 3.63) is 108 Å². The Morgan fingerprint density at radius 2 is 0.889 bits per heavy atom. The fraction of sp³-hybridized carbons (Fsp3) is 0.133. The predicted molar refractivity (Wildman–Crippen MR) is 136 cm³/mol. The number of hydrogen-bond donors (Lipinski definition) is 0. The molecule has 0 bridgehead atoms. The van der Waals surface area contributed by atoms with Crippen molar-refractivity contribution in [2.75, 3.05) is 13.2 Å². The van der Waals surface area contributed by atoms with Gasteiger partial charge in [0.05, 0.1) is 0 Å². The maximum atomic E-state index is 12.1. The fourth-order valence-electron chi connectivity index (χ4n) is 3.46. The number of esters is 2. The van der Waals surface area contributed by atoms with Gasteiger partial charge in [-0.2, -0.15) is 0 Å². The molecule has 0 aromatic heterocycles. The molecule has 6 heteroatoms. The van der Waals surface area contributed by atoms with E-state index in [2.05, 4.69) is 0 Å². The van der Waals surface area contributed by atoms with Gasteiger partial charge in [-0.05, 0) is 72.5 Å². The van der Waals surface area contributed by atoms with Crippen molar-refractivity contribution in [3.63, 3.8) is 0 Å². The molecule has 0 saturated heterocycles. The predicted octanol–water partition coefficient (Wildman–Crippen LogP) is 5.94. The molecule has 0 fully saturated rings. The van der Waals surface area contributed by atoms with Crippen molar-refractivity contribution >= 4 is 11.9 Å². The summed E-state index contributed by atoms with van der Waals surface area (Å²) in [6, 6.07) is 29.2. The smallest absolute Gasteiger partial charge is 0.349 e. The van der Waals surface area contributed by atoms with E-state index in [9.17, 15) is 9.59 Å². The molecule has 0 aliphatic rings. The quantitative estimate of drug-likeness (QED) is 0.217. The Balaban J connectivity index is 1.27.